The van der Waals surface area contributed by atoms with Crippen molar-refractivity contribution in [3.63, 3.8) is 0 Å². The van der Waals surface area contributed by atoms with Crippen LogP contribution in [-0.4, -0.2) is 33.9 Å². The van der Waals surface area contributed by atoms with Crippen molar-refractivity contribution in [3.8, 4) is 11.5 Å². The molecule has 1 aliphatic carbocycles. The maximum Gasteiger partial charge on any atom is 0.161 e. The third-order valence-corrected chi connectivity index (χ3v) is 4.20. The molecule has 0 amide bonds. The van der Waals surface area contributed by atoms with Crippen LogP contribution in [-0.2, 0) is 20.1 Å². The molecule has 116 valence electrons. The van der Waals surface area contributed by atoms with Crippen molar-refractivity contribution in [1.29, 1.82) is 0 Å². The molecule has 0 saturated heterocycles. The van der Waals surface area contributed by atoms with Crippen LogP contribution in [0.4, 0.5) is 0 Å². The van der Waals surface area contributed by atoms with Crippen LogP contribution < -0.4 is 9.47 Å². The molecule has 4 rings (SSSR count). The van der Waals surface area contributed by atoms with Crippen LogP contribution >= 0.6 is 0 Å². The van der Waals surface area contributed by atoms with E-state index < -0.39 is 0 Å². The Hall–Kier alpha value is -2.01. The molecule has 2 aliphatic rings. The van der Waals surface area contributed by atoms with Crippen LogP contribution in [0.2, 0.25) is 0 Å². The third-order valence-electron chi connectivity index (χ3n) is 4.20. The normalized spacial score (nSPS) is 17.0. The first kappa shape index (κ1) is 13.6. The van der Waals surface area contributed by atoms with Gasteiger partial charge in [-0.1, -0.05) is 6.07 Å². The van der Waals surface area contributed by atoms with E-state index in [1.165, 1.54) is 24.0 Å². The number of benzene rings is 1. The van der Waals surface area contributed by atoms with E-state index in [-0.39, 0.29) is 0 Å². The minimum atomic E-state index is 0.637. The summed E-state index contributed by atoms with van der Waals surface area (Å²) >= 11 is 0. The Labute approximate surface area is 130 Å². The predicted molar refractivity (Wildman–Crippen MR) is 82.9 cm³/mol. The van der Waals surface area contributed by atoms with E-state index in [0.29, 0.717) is 19.3 Å². The number of hydrogen-bond acceptors (Lipinski definition) is 4. The molecule has 5 heteroatoms. The smallest absolute Gasteiger partial charge is 0.161 e. The number of nitrogens with zero attached hydrogens (tertiary/aromatic N) is 3. The second kappa shape index (κ2) is 5.65. The first-order chi connectivity index (χ1) is 10.8. The van der Waals surface area contributed by atoms with Gasteiger partial charge in [0.1, 0.15) is 13.2 Å². The maximum absolute atomic E-state index is 5.69. The monoisotopic (exact) mass is 299 g/mol. The van der Waals surface area contributed by atoms with Crippen LogP contribution in [0, 0.1) is 0 Å². The number of fused-ring (bicyclic) bond motifs is 1. The Bertz CT molecular complexity index is 664. The molecule has 1 aromatic carbocycles. The summed E-state index contributed by atoms with van der Waals surface area (Å²) in [6.07, 6.45) is 6.65. The van der Waals surface area contributed by atoms with E-state index in [2.05, 4.69) is 28.3 Å². The van der Waals surface area contributed by atoms with Gasteiger partial charge in [0, 0.05) is 37.9 Å². The summed E-state index contributed by atoms with van der Waals surface area (Å²) < 4.78 is 13.1. The summed E-state index contributed by atoms with van der Waals surface area (Å²) in [5.74, 6) is 1.74. The van der Waals surface area contributed by atoms with Crippen LogP contribution in [0.25, 0.3) is 0 Å². The van der Waals surface area contributed by atoms with E-state index >= 15 is 0 Å². The van der Waals surface area contributed by atoms with Crippen molar-refractivity contribution in [1.82, 2.24) is 14.7 Å². The molecule has 1 aliphatic heterocycles. The minimum Gasteiger partial charge on any atom is -0.486 e. The molecule has 1 saturated carbocycles. The molecule has 1 aromatic heterocycles. The first-order valence-electron chi connectivity index (χ1n) is 7.88. The molecule has 0 N–H and O–H groups in total. The molecule has 5 nitrogen and oxygen atoms in total. The zero-order valence-corrected chi connectivity index (χ0v) is 12.9. The zero-order chi connectivity index (χ0) is 14.9. The molecule has 0 spiro atoms. The first-order valence-corrected chi connectivity index (χ1v) is 7.88. The van der Waals surface area contributed by atoms with Crippen molar-refractivity contribution in [2.24, 2.45) is 7.05 Å². The molecule has 0 unspecified atom stereocenters. The van der Waals surface area contributed by atoms with Crippen molar-refractivity contribution in [3.05, 3.63) is 41.7 Å². The predicted octanol–water partition coefficient (Wildman–Crippen LogP) is 2.36. The Balaban J connectivity index is 1.49. The second-order valence-electron chi connectivity index (χ2n) is 6.14. The largest absolute Gasteiger partial charge is 0.486 e. The molecule has 0 atom stereocenters. The SMILES string of the molecule is Cn1cc(CN(Cc2ccc3c(c2)OCCO3)C2CC2)cn1. The standard InChI is InChI=1S/C17H21N3O2/c1-19-10-14(9-18-19)12-20(15-3-4-15)11-13-2-5-16-17(8-13)22-7-6-21-16/h2,5,8-10,15H,3-4,6-7,11-12H2,1H3. The van der Waals surface area contributed by atoms with Gasteiger partial charge in [-0.2, -0.15) is 5.10 Å². The molecule has 0 radical (unpaired) electrons. The summed E-state index contributed by atoms with van der Waals surface area (Å²) in [6.45, 7) is 3.17. The highest BCUT2D eigenvalue weighted by Crippen LogP contribution is 2.33. The summed E-state index contributed by atoms with van der Waals surface area (Å²) in [5, 5.41) is 4.27. The highest BCUT2D eigenvalue weighted by atomic mass is 16.6. The summed E-state index contributed by atoms with van der Waals surface area (Å²) in [5.41, 5.74) is 2.55. The summed E-state index contributed by atoms with van der Waals surface area (Å²) in [6, 6.07) is 6.99. The van der Waals surface area contributed by atoms with E-state index in [1.807, 2.05) is 24.0 Å². The maximum atomic E-state index is 5.69. The zero-order valence-electron chi connectivity index (χ0n) is 12.9. The fourth-order valence-electron chi connectivity index (χ4n) is 2.96. The molecule has 22 heavy (non-hydrogen) atoms. The van der Waals surface area contributed by atoms with Crippen molar-refractivity contribution in [2.45, 2.75) is 32.0 Å². The van der Waals surface area contributed by atoms with E-state index in [4.69, 9.17) is 9.47 Å². The van der Waals surface area contributed by atoms with E-state index in [1.54, 1.807) is 0 Å². The fourth-order valence-corrected chi connectivity index (χ4v) is 2.96. The number of hydrogen-bond donors (Lipinski definition) is 0. The fraction of sp³-hybridized carbons (Fsp3) is 0.471. The molecule has 2 heterocycles. The highest BCUT2D eigenvalue weighted by molar-refractivity contribution is 5.43. The average Bonchev–Trinajstić information content (AvgIpc) is 3.30. The van der Waals surface area contributed by atoms with Gasteiger partial charge in [-0.15, -0.1) is 0 Å². The average molecular weight is 299 g/mol. The summed E-state index contributed by atoms with van der Waals surface area (Å²) in [4.78, 5) is 2.53. The third kappa shape index (κ3) is 2.95. The van der Waals surface area contributed by atoms with Crippen molar-refractivity contribution in [2.75, 3.05) is 13.2 Å². The van der Waals surface area contributed by atoms with Gasteiger partial charge in [-0.05, 0) is 30.5 Å². The number of ether oxygens (including phenoxy) is 2. The number of aromatic nitrogens is 2. The quantitative estimate of drug-likeness (QED) is 0.849. The Kier molecular flexibility index (Phi) is 3.50. The van der Waals surface area contributed by atoms with Gasteiger partial charge in [-0.3, -0.25) is 9.58 Å². The molecular weight excluding hydrogens is 278 g/mol. The molecule has 0 bridgehead atoms. The Morgan fingerprint density at radius 1 is 1.14 bits per heavy atom. The number of rotatable bonds is 5. The number of aryl methyl sites for hydroxylation is 1. The molecular formula is C17H21N3O2. The lowest BCUT2D eigenvalue weighted by molar-refractivity contribution is 0.171. The van der Waals surface area contributed by atoms with E-state index in [9.17, 15) is 0 Å². The van der Waals surface area contributed by atoms with Gasteiger partial charge >= 0.3 is 0 Å². The van der Waals surface area contributed by atoms with Gasteiger partial charge in [-0.25, -0.2) is 0 Å². The second-order valence-corrected chi connectivity index (χ2v) is 6.14. The summed E-state index contributed by atoms with van der Waals surface area (Å²) in [7, 11) is 1.96. The van der Waals surface area contributed by atoms with Crippen LogP contribution in [0.15, 0.2) is 30.6 Å². The van der Waals surface area contributed by atoms with Crippen molar-refractivity contribution >= 4 is 0 Å². The lowest BCUT2D eigenvalue weighted by Gasteiger charge is -2.23. The van der Waals surface area contributed by atoms with Gasteiger partial charge in [0.25, 0.3) is 0 Å². The van der Waals surface area contributed by atoms with E-state index in [0.717, 1.165) is 24.6 Å². The van der Waals surface area contributed by atoms with Gasteiger partial charge < -0.3 is 9.47 Å². The van der Waals surface area contributed by atoms with Crippen LogP contribution in [0.5, 0.6) is 11.5 Å². The van der Waals surface area contributed by atoms with Crippen molar-refractivity contribution < 1.29 is 9.47 Å². The van der Waals surface area contributed by atoms with Crippen LogP contribution in [0.1, 0.15) is 24.0 Å². The van der Waals surface area contributed by atoms with Crippen LogP contribution in [0.3, 0.4) is 0 Å². The highest BCUT2D eigenvalue weighted by Gasteiger charge is 2.29. The Morgan fingerprint density at radius 3 is 2.64 bits per heavy atom. The molecule has 2 aromatic rings. The lowest BCUT2D eigenvalue weighted by atomic mass is 10.1. The molecule has 1 fully saturated rings. The topological polar surface area (TPSA) is 39.5 Å². The minimum absolute atomic E-state index is 0.637. The van der Waals surface area contributed by atoms with Gasteiger partial charge in [0.05, 0.1) is 6.20 Å². The lowest BCUT2D eigenvalue weighted by Crippen LogP contribution is -2.25. The Morgan fingerprint density at radius 2 is 1.91 bits per heavy atom. The van der Waals surface area contributed by atoms with Gasteiger partial charge in [0.2, 0.25) is 0 Å². The van der Waals surface area contributed by atoms with Gasteiger partial charge in [0.15, 0.2) is 11.5 Å².